The second-order valence-electron chi connectivity index (χ2n) is 4.94. The minimum absolute atomic E-state index is 0.0859. The lowest BCUT2D eigenvalue weighted by atomic mass is 10.2. The number of nitrogens with zero attached hydrogens (tertiary/aromatic N) is 3. The summed E-state index contributed by atoms with van der Waals surface area (Å²) in [6.45, 7) is 0.951. The number of benzene rings is 1. The molecule has 0 spiro atoms. The summed E-state index contributed by atoms with van der Waals surface area (Å²) in [5.74, 6) is 0.647. The number of nitrogens with two attached hydrogens (primary N) is 1. The Kier molecular flexibility index (Phi) is 5.35. The van der Waals surface area contributed by atoms with E-state index < -0.39 is 10.0 Å². The predicted molar refractivity (Wildman–Crippen MR) is 86.0 cm³/mol. The molecule has 1 aromatic heterocycles. The smallest absolute Gasteiger partial charge is 0.238 e. The van der Waals surface area contributed by atoms with Gasteiger partial charge in [0.05, 0.1) is 11.4 Å². The molecule has 0 aliphatic rings. The van der Waals surface area contributed by atoms with Gasteiger partial charge in [0.15, 0.2) is 5.96 Å². The van der Waals surface area contributed by atoms with Gasteiger partial charge < -0.3 is 14.7 Å². The first-order valence-corrected chi connectivity index (χ1v) is 8.37. The van der Waals surface area contributed by atoms with Crippen LogP contribution in [0, 0.1) is 0 Å². The van der Waals surface area contributed by atoms with E-state index in [0.29, 0.717) is 19.0 Å². The zero-order valence-electron chi connectivity index (χ0n) is 12.9. The number of guanidine groups is 1. The summed E-state index contributed by atoms with van der Waals surface area (Å²) in [4.78, 5) is 6.15. The fraction of sp³-hybridized carbons (Fsp3) is 0.286. The summed E-state index contributed by atoms with van der Waals surface area (Å²) in [6, 6.07) is 8.24. The lowest BCUT2D eigenvalue weighted by Gasteiger charge is -2.21. The molecule has 0 unspecified atom stereocenters. The Bertz CT molecular complexity index is 771. The van der Waals surface area contributed by atoms with Crippen molar-refractivity contribution in [1.82, 2.24) is 15.4 Å². The SMILES string of the molecule is CN=C(NCc1cccc(S(N)(=O)=O)c1)N(C)Cc1ccon1. The van der Waals surface area contributed by atoms with Crippen LogP contribution in [0.1, 0.15) is 11.3 Å². The molecule has 9 heteroatoms. The molecule has 0 aliphatic carbocycles. The third kappa shape index (κ3) is 4.80. The zero-order chi connectivity index (χ0) is 16.9. The molecule has 2 aromatic rings. The maximum atomic E-state index is 11.4. The lowest BCUT2D eigenvalue weighted by Crippen LogP contribution is -2.38. The van der Waals surface area contributed by atoms with Gasteiger partial charge in [-0.3, -0.25) is 4.99 Å². The molecule has 1 aromatic carbocycles. The largest absolute Gasteiger partial charge is 0.364 e. The summed E-state index contributed by atoms with van der Waals surface area (Å²) in [7, 11) is -0.172. The van der Waals surface area contributed by atoms with E-state index in [2.05, 4.69) is 15.5 Å². The maximum absolute atomic E-state index is 11.4. The van der Waals surface area contributed by atoms with Crippen LogP contribution < -0.4 is 10.5 Å². The Labute approximate surface area is 135 Å². The van der Waals surface area contributed by atoms with E-state index >= 15 is 0 Å². The van der Waals surface area contributed by atoms with Crippen molar-refractivity contribution in [3.05, 3.63) is 47.9 Å². The molecule has 0 aliphatic heterocycles. The molecule has 0 radical (unpaired) electrons. The van der Waals surface area contributed by atoms with Gasteiger partial charge in [-0.15, -0.1) is 0 Å². The number of aliphatic imine (C=N–C) groups is 1. The molecular formula is C14H19N5O3S. The van der Waals surface area contributed by atoms with Crippen molar-refractivity contribution in [2.45, 2.75) is 18.0 Å². The second-order valence-corrected chi connectivity index (χ2v) is 6.50. The predicted octanol–water partition coefficient (Wildman–Crippen LogP) is 0.529. The number of hydrogen-bond donors (Lipinski definition) is 2. The van der Waals surface area contributed by atoms with Crippen molar-refractivity contribution in [1.29, 1.82) is 0 Å². The Morgan fingerprint density at radius 2 is 2.22 bits per heavy atom. The molecule has 0 amide bonds. The van der Waals surface area contributed by atoms with Crippen LogP contribution in [0.25, 0.3) is 0 Å². The van der Waals surface area contributed by atoms with Crippen molar-refractivity contribution >= 4 is 16.0 Å². The third-order valence-corrected chi connectivity index (χ3v) is 4.05. The van der Waals surface area contributed by atoms with E-state index in [-0.39, 0.29) is 4.90 Å². The Hall–Kier alpha value is -2.39. The van der Waals surface area contributed by atoms with Gasteiger partial charge in [0, 0.05) is 26.7 Å². The highest BCUT2D eigenvalue weighted by Gasteiger charge is 2.10. The van der Waals surface area contributed by atoms with Crippen LogP contribution in [0.2, 0.25) is 0 Å². The van der Waals surface area contributed by atoms with Gasteiger partial charge in [-0.05, 0) is 17.7 Å². The average molecular weight is 337 g/mol. The molecule has 124 valence electrons. The van der Waals surface area contributed by atoms with Crippen molar-refractivity contribution in [3.63, 3.8) is 0 Å². The summed E-state index contributed by atoms with van der Waals surface area (Å²) in [5, 5.41) is 12.1. The van der Waals surface area contributed by atoms with Crippen LogP contribution >= 0.6 is 0 Å². The summed E-state index contributed by atoms with van der Waals surface area (Å²) in [5.41, 5.74) is 1.57. The summed E-state index contributed by atoms with van der Waals surface area (Å²) in [6.07, 6.45) is 1.51. The van der Waals surface area contributed by atoms with E-state index in [0.717, 1.165) is 11.3 Å². The molecule has 8 nitrogen and oxygen atoms in total. The van der Waals surface area contributed by atoms with Gasteiger partial charge in [0.25, 0.3) is 0 Å². The van der Waals surface area contributed by atoms with Crippen LogP contribution in [0.5, 0.6) is 0 Å². The van der Waals surface area contributed by atoms with E-state index in [4.69, 9.17) is 9.66 Å². The second kappa shape index (κ2) is 7.25. The fourth-order valence-corrected chi connectivity index (χ4v) is 2.62. The van der Waals surface area contributed by atoms with E-state index in [1.165, 1.54) is 18.4 Å². The zero-order valence-corrected chi connectivity index (χ0v) is 13.7. The van der Waals surface area contributed by atoms with Gasteiger partial charge in [0.1, 0.15) is 12.0 Å². The highest BCUT2D eigenvalue weighted by molar-refractivity contribution is 7.89. The van der Waals surface area contributed by atoms with Crippen LogP contribution in [0.15, 0.2) is 51.0 Å². The van der Waals surface area contributed by atoms with Gasteiger partial charge in [-0.25, -0.2) is 13.6 Å². The number of hydrogen-bond acceptors (Lipinski definition) is 5. The first-order valence-electron chi connectivity index (χ1n) is 6.83. The van der Waals surface area contributed by atoms with Crippen LogP contribution in [0.4, 0.5) is 0 Å². The highest BCUT2D eigenvalue weighted by atomic mass is 32.2. The number of aromatic nitrogens is 1. The molecule has 1 heterocycles. The molecule has 0 fully saturated rings. The first-order chi connectivity index (χ1) is 10.9. The molecular weight excluding hydrogens is 318 g/mol. The van der Waals surface area contributed by atoms with Crippen LogP contribution in [0.3, 0.4) is 0 Å². The first kappa shape index (κ1) is 17.0. The van der Waals surface area contributed by atoms with E-state index in [1.54, 1.807) is 19.2 Å². The number of sulfonamides is 1. The normalized spacial score (nSPS) is 12.2. The third-order valence-electron chi connectivity index (χ3n) is 3.14. The average Bonchev–Trinajstić information content (AvgIpc) is 3.00. The Morgan fingerprint density at radius 1 is 1.43 bits per heavy atom. The van der Waals surface area contributed by atoms with Crippen LogP contribution in [-0.2, 0) is 23.1 Å². The fourth-order valence-electron chi connectivity index (χ4n) is 2.04. The Balaban J connectivity index is 2.01. The van der Waals surface area contributed by atoms with Crippen molar-refractivity contribution in [2.75, 3.05) is 14.1 Å². The van der Waals surface area contributed by atoms with Crippen molar-refractivity contribution < 1.29 is 12.9 Å². The minimum atomic E-state index is -3.71. The number of primary sulfonamides is 1. The Morgan fingerprint density at radius 3 is 2.83 bits per heavy atom. The van der Waals surface area contributed by atoms with Crippen molar-refractivity contribution in [3.8, 4) is 0 Å². The quantitative estimate of drug-likeness (QED) is 0.608. The molecule has 2 rings (SSSR count). The maximum Gasteiger partial charge on any atom is 0.238 e. The highest BCUT2D eigenvalue weighted by Crippen LogP contribution is 2.09. The van der Waals surface area contributed by atoms with Crippen molar-refractivity contribution in [2.24, 2.45) is 10.1 Å². The monoisotopic (exact) mass is 337 g/mol. The topological polar surface area (TPSA) is 114 Å². The molecule has 0 saturated heterocycles. The number of rotatable bonds is 5. The van der Waals surface area contributed by atoms with Gasteiger partial charge >= 0.3 is 0 Å². The van der Waals surface area contributed by atoms with E-state index in [9.17, 15) is 8.42 Å². The van der Waals surface area contributed by atoms with Gasteiger partial charge in [0.2, 0.25) is 10.0 Å². The van der Waals surface area contributed by atoms with Gasteiger partial charge in [-0.2, -0.15) is 0 Å². The lowest BCUT2D eigenvalue weighted by molar-refractivity contribution is 0.391. The summed E-state index contributed by atoms with van der Waals surface area (Å²) < 4.78 is 27.5. The molecule has 0 atom stereocenters. The molecule has 3 N–H and O–H groups in total. The molecule has 0 bridgehead atoms. The molecule has 0 saturated carbocycles. The van der Waals surface area contributed by atoms with Crippen LogP contribution in [-0.4, -0.2) is 38.5 Å². The summed E-state index contributed by atoms with van der Waals surface area (Å²) >= 11 is 0. The van der Waals surface area contributed by atoms with Gasteiger partial charge in [-0.1, -0.05) is 17.3 Å². The number of nitrogens with one attached hydrogen (secondary N) is 1. The minimum Gasteiger partial charge on any atom is -0.364 e. The van der Waals surface area contributed by atoms with E-state index in [1.807, 2.05) is 18.0 Å². The molecule has 23 heavy (non-hydrogen) atoms. The standard InChI is InChI=1S/C14H19N5O3S/c1-16-14(19(2)10-12-6-7-22-18-12)17-9-11-4-3-5-13(8-11)23(15,20)21/h3-8H,9-10H2,1-2H3,(H,16,17)(H2,15,20,21).